The number of carbonyl (C=O) groups excluding carboxylic acids is 1. The van der Waals surface area contributed by atoms with Crippen molar-refractivity contribution in [3.63, 3.8) is 0 Å². The van der Waals surface area contributed by atoms with Crippen LogP contribution >= 0.6 is 15.9 Å². The van der Waals surface area contributed by atoms with Gasteiger partial charge in [0.2, 0.25) is 0 Å². The largest absolute Gasteiger partial charge is 0.398 e. The normalized spacial score (nSPS) is 27.0. The molecule has 0 aromatic heterocycles. The highest BCUT2D eigenvalue weighted by Gasteiger charge is 2.28. The first-order chi connectivity index (χ1) is 8.99. The van der Waals surface area contributed by atoms with Crippen molar-refractivity contribution in [1.82, 2.24) is 5.32 Å². The van der Waals surface area contributed by atoms with Crippen molar-refractivity contribution in [2.24, 2.45) is 11.8 Å². The third-order valence-electron chi connectivity index (χ3n) is 4.28. The van der Waals surface area contributed by atoms with Crippen LogP contribution in [-0.4, -0.2) is 11.9 Å². The molecular weight excluding hydrogens is 304 g/mol. The first-order valence-corrected chi connectivity index (χ1v) is 7.64. The molecule has 3 nitrogen and oxygen atoms in total. The van der Waals surface area contributed by atoms with E-state index in [2.05, 4.69) is 35.1 Å². The zero-order chi connectivity index (χ0) is 14.0. The summed E-state index contributed by atoms with van der Waals surface area (Å²) in [4.78, 5) is 12.3. The lowest BCUT2D eigenvalue weighted by Gasteiger charge is -2.34. The van der Waals surface area contributed by atoms with Crippen LogP contribution in [0.25, 0.3) is 0 Å². The molecule has 4 heteroatoms. The lowest BCUT2D eigenvalue weighted by Crippen LogP contribution is -2.43. The number of carbonyl (C=O) groups is 1. The summed E-state index contributed by atoms with van der Waals surface area (Å²) in [5.74, 6) is 1.12. The summed E-state index contributed by atoms with van der Waals surface area (Å²) >= 11 is 3.38. The number of nitrogen functional groups attached to an aromatic ring is 1. The number of nitrogens with one attached hydrogen (secondary N) is 1. The molecule has 0 radical (unpaired) electrons. The van der Waals surface area contributed by atoms with Gasteiger partial charge < -0.3 is 11.1 Å². The standard InChI is InChI=1S/C15H21BrN2O/c1-9-4-3-5-14(10(9)2)18-15(19)12-8-11(16)6-7-13(12)17/h6-10,14H,3-5,17H2,1-2H3,(H,18,19). The molecule has 104 valence electrons. The first-order valence-electron chi connectivity index (χ1n) is 6.85. The van der Waals surface area contributed by atoms with E-state index in [4.69, 9.17) is 5.73 Å². The van der Waals surface area contributed by atoms with E-state index in [1.165, 1.54) is 12.8 Å². The van der Waals surface area contributed by atoms with E-state index in [-0.39, 0.29) is 11.9 Å². The highest BCUT2D eigenvalue weighted by molar-refractivity contribution is 9.10. The third-order valence-corrected chi connectivity index (χ3v) is 4.78. The third kappa shape index (κ3) is 3.30. The molecule has 1 aliphatic rings. The molecule has 0 aliphatic heterocycles. The maximum Gasteiger partial charge on any atom is 0.253 e. The van der Waals surface area contributed by atoms with Crippen LogP contribution in [0.4, 0.5) is 5.69 Å². The lowest BCUT2D eigenvalue weighted by atomic mass is 9.78. The second-order valence-electron chi connectivity index (χ2n) is 5.58. The Morgan fingerprint density at radius 3 is 2.84 bits per heavy atom. The van der Waals surface area contributed by atoms with Gasteiger partial charge in [0.25, 0.3) is 5.91 Å². The number of halogens is 1. The van der Waals surface area contributed by atoms with Crippen LogP contribution in [0, 0.1) is 11.8 Å². The minimum atomic E-state index is -0.0650. The average Bonchev–Trinajstić information content (AvgIpc) is 2.38. The molecule has 1 fully saturated rings. The molecule has 2 rings (SSSR count). The van der Waals surface area contributed by atoms with E-state index < -0.39 is 0 Å². The SMILES string of the molecule is CC1CCCC(NC(=O)c2cc(Br)ccc2N)C1C. The maximum atomic E-state index is 12.3. The summed E-state index contributed by atoms with van der Waals surface area (Å²) in [6.07, 6.45) is 3.50. The van der Waals surface area contributed by atoms with Gasteiger partial charge in [0.05, 0.1) is 5.56 Å². The predicted octanol–water partition coefficient (Wildman–Crippen LogP) is 3.59. The van der Waals surface area contributed by atoms with Crippen molar-refractivity contribution in [3.8, 4) is 0 Å². The van der Waals surface area contributed by atoms with Gasteiger partial charge >= 0.3 is 0 Å². The molecule has 3 unspecified atom stereocenters. The molecular formula is C15H21BrN2O. The summed E-state index contributed by atoms with van der Waals surface area (Å²) in [5.41, 5.74) is 6.96. The molecule has 1 amide bonds. The number of rotatable bonds is 2. The summed E-state index contributed by atoms with van der Waals surface area (Å²) in [5, 5.41) is 3.14. The molecule has 3 N–H and O–H groups in total. The van der Waals surface area contributed by atoms with Gasteiger partial charge in [-0.2, -0.15) is 0 Å². The number of nitrogens with two attached hydrogens (primary N) is 1. The Bertz CT molecular complexity index is 475. The van der Waals surface area contributed by atoms with E-state index in [0.717, 1.165) is 10.9 Å². The highest BCUT2D eigenvalue weighted by Crippen LogP contribution is 2.30. The van der Waals surface area contributed by atoms with Crippen LogP contribution in [0.3, 0.4) is 0 Å². The number of hydrogen-bond acceptors (Lipinski definition) is 2. The van der Waals surface area contributed by atoms with Crippen LogP contribution < -0.4 is 11.1 Å². The molecule has 0 saturated heterocycles. The van der Waals surface area contributed by atoms with Gasteiger partial charge in [-0.15, -0.1) is 0 Å². The molecule has 1 aromatic rings. The van der Waals surface area contributed by atoms with E-state index in [1.54, 1.807) is 12.1 Å². The van der Waals surface area contributed by atoms with E-state index >= 15 is 0 Å². The monoisotopic (exact) mass is 324 g/mol. The van der Waals surface area contributed by atoms with Crippen LogP contribution in [0.5, 0.6) is 0 Å². The Hall–Kier alpha value is -1.03. The van der Waals surface area contributed by atoms with E-state index in [9.17, 15) is 4.79 Å². The van der Waals surface area contributed by atoms with E-state index in [0.29, 0.717) is 23.1 Å². The lowest BCUT2D eigenvalue weighted by molar-refractivity contribution is 0.0892. The minimum Gasteiger partial charge on any atom is -0.398 e. The molecule has 1 aromatic carbocycles. The van der Waals surface area contributed by atoms with Gasteiger partial charge in [0.1, 0.15) is 0 Å². The molecule has 3 atom stereocenters. The summed E-state index contributed by atoms with van der Waals surface area (Å²) in [7, 11) is 0. The zero-order valence-electron chi connectivity index (χ0n) is 11.4. The Balaban J connectivity index is 2.10. The Morgan fingerprint density at radius 1 is 1.37 bits per heavy atom. The topological polar surface area (TPSA) is 55.1 Å². The molecule has 1 saturated carbocycles. The van der Waals surface area contributed by atoms with Gasteiger partial charge in [-0.3, -0.25) is 4.79 Å². The molecule has 0 heterocycles. The van der Waals surface area contributed by atoms with Crippen molar-refractivity contribution < 1.29 is 4.79 Å². The Labute approximate surface area is 123 Å². The van der Waals surface area contributed by atoms with Gasteiger partial charge in [-0.1, -0.05) is 42.6 Å². The van der Waals surface area contributed by atoms with Crippen LogP contribution in [-0.2, 0) is 0 Å². The van der Waals surface area contributed by atoms with Crippen LogP contribution in [0.15, 0.2) is 22.7 Å². The van der Waals surface area contributed by atoms with Crippen molar-refractivity contribution in [1.29, 1.82) is 0 Å². The average molecular weight is 325 g/mol. The second kappa shape index (κ2) is 5.95. The number of hydrogen-bond donors (Lipinski definition) is 2. The molecule has 19 heavy (non-hydrogen) atoms. The highest BCUT2D eigenvalue weighted by atomic mass is 79.9. The van der Waals surface area contributed by atoms with Crippen molar-refractivity contribution in [2.75, 3.05) is 5.73 Å². The van der Waals surface area contributed by atoms with Gasteiger partial charge in [-0.05, 0) is 36.5 Å². The van der Waals surface area contributed by atoms with Crippen molar-refractivity contribution >= 4 is 27.5 Å². The second-order valence-corrected chi connectivity index (χ2v) is 6.49. The molecule has 1 aliphatic carbocycles. The smallest absolute Gasteiger partial charge is 0.253 e. The Kier molecular flexibility index (Phi) is 4.50. The minimum absolute atomic E-state index is 0.0650. The number of anilines is 1. The summed E-state index contributed by atoms with van der Waals surface area (Å²) in [6.45, 7) is 4.48. The van der Waals surface area contributed by atoms with Crippen molar-refractivity contribution in [2.45, 2.75) is 39.2 Å². The molecule has 0 spiro atoms. The quantitative estimate of drug-likeness (QED) is 0.817. The summed E-state index contributed by atoms with van der Waals surface area (Å²) in [6, 6.07) is 5.64. The fourth-order valence-electron chi connectivity index (χ4n) is 2.76. The summed E-state index contributed by atoms with van der Waals surface area (Å²) < 4.78 is 0.872. The van der Waals surface area contributed by atoms with Gasteiger partial charge in [0.15, 0.2) is 0 Å². The van der Waals surface area contributed by atoms with Crippen LogP contribution in [0.1, 0.15) is 43.5 Å². The maximum absolute atomic E-state index is 12.3. The fourth-order valence-corrected chi connectivity index (χ4v) is 3.12. The predicted molar refractivity (Wildman–Crippen MR) is 82.0 cm³/mol. The molecule has 0 bridgehead atoms. The first kappa shape index (κ1) is 14.4. The van der Waals surface area contributed by atoms with Gasteiger partial charge in [-0.25, -0.2) is 0 Å². The van der Waals surface area contributed by atoms with Crippen molar-refractivity contribution in [3.05, 3.63) is 28.2 Å². The Morgan fingerprint density at radius 2 is 2.11 bits per heavy atom. The zero-order valence-corrected chi connectivity index (χ0v) is 13.0. The number of amides is 1. The fraction of sp³-hybridized carbons (Fsp3) is 0.533. The number of benzene rings is 1. The van der Waals surface area contributed by atoms with Crippen LogP contribution in [0.2, 0.25) is 0 Å². The van der Waals surface area contributed by atoms with E-state index in [1.807, 2.05) is 6.07 Å². The van der Waals surface area contributed by atoms with Gasteiger partial charge in [0, 0.05) is 16.2 Å².